The summed E-state index contributed by atoms with van der Waals surface area (Å²) in [7, 11) is -3.22. The normalized spacial score (nSPS) is 16.1. The summed E-state index contributed by atoms with van der Waals surface area (Å²) in [5.41, 5.74) is 0.779. The van der Waals surface area contributed by atoms with Crippen LogP contribution >= 0.6 is 7.14 Å². The maximum absolute atomic E-state index is 14.3. The Balaban J connectivity index is 2.20. The van der Waals surface area contributed by atoms with Crippen molar-refractivity contribution in [1.29, 1.82) is 5.26 Å². The molecule has 0 aliphatic carbocycles. The van der Waals surface area contributed by atoms with Crippen LogP contribution in [0.4, 0.5) is 0 Å². The second kappa shape index (κ2) is 7.70. The topological polar surface area (TPSA) is 53.3 Å². The van der Waals surface area contributed by atoms with E-state index < -0.39 is 7.14 Å². The summed E-state index contributed by atoms with van der Waals surface area (Å²) in [6, 6.07) is 20.9. The zero-order chi connectivity index (χ0) is 17.7. The largest absolute Gasteiger partial charge is 0.378 e. The first-order chi connectivity index (χ1) is 12.2. The molecule has 0 unspecified atom stereocenters. The highest BCUT2D eigenvalue weighted by Crippen LogP contribution is 2.53. The van der Waals surface area contributed by atoms with Gasteiger partial charge in [0, 0.05) is 29.4 Å². The molecular weight excluding hydrogens is 331 g/mol. The number of morpholine rings is 1. The van der Waals surface area contributed by atoms with Crippen molar-refractivity contribution in [2.24, 2.45) is 0 Å². The van der Waals surface area contributed by atoms with Crippen LogP contribution in [0.1, 0.15) is 6.92 Å². The SMILES string of the molecule is CC(=C(C#N)P(=O)(c1ccccc1)c1ccccc1)N1CCOCC1. The van der Waals surface area contributed by atoms with E-state index in [2.05, 4.69) is 11.0 Å². The van der Waals surface area contributed by atoms with Crippen LogP contribution in [-0.4, -0.2) is 31.2 Å². The van der Waals surface area contributed by atoms with E-state index in [9.17, 15) is 9.83 Å². The number of benzene rings is 2. The fraction of sp³-hybridized carbons (Fsp3) is 0.250. The Morgan fingerprint density at radius 1 is 1.00 bits per heavy atom. The van der Waals surface area contributed by atoms with Gasteiger partial charge in [0.15, 0.2) is 7.14 Å². The van der Waals surface area contributed by atoms with Crippen LogP contribution in [0.3, 0.4) is 0 Å². The quantitative estimate of drug-likeness (QED) is 0.627. The Morgan fingerprint density at radius 3 is 1.92 bits per heavy atom. The molecule has 0 bridgehead atoms. The van der Waals surface area contributed by atoms with Crippen LogP contribution in [-0.2, 0) is 9.30 Å². The van der Waals surface area contributed by atoms with Crippen molar-refractivity contribution in [1.82, 2.24) is 4.90 Å². The summed E-state index contributed by atoms with van der Waals surface area (Å²) in [5.74, 6) is 0. The van der Waals surface area contributed by atoms with Gasteiger partial charge in [-0.05, 0) is 6.92 Å². The maximum Gasteiger partial charge on any atom is 0.182 e. The van der Waals surface area contributed by atoms with Crippen LogP contribution < -0.4 is 10.6 Å². The zero-order valence-electron chi connectivity index (χ0n) is 14.3. The minimum Gasteiger partial charge on any atom is -0.378 e. The van der Waals surface area contributed by atoms with Gasteiger partial charge >= 0.3 is 0 Å². The molecule has 1 aliphatic rings. The molecule has 2 aromatic rings. The van der Waals surface area contributed by atoms with Gasteiger partial charge in [0.05, 0.1) is 13.2 Å². The zero-order valence-corrected chi connectivity index (χ0v) is 15.2. The van der Waals surface area contributed by atoms with Gasteiger partial charge in [0.1, 0.15) is 11.4 Å². The van der Waals surface area contributed by atoms with E-state index in [1.54, 1.807) is 0 Å². The van der Waals surface area contributed by atoms with Gasteiger partial charge in [-0.3, -0.25) is 0 Å². The Morgan fingerprint density at radius 2 is 1.48 bits per heavy atom. The van der Waals surface area contributed by atoms with Crippen LogP contribution in [0.2, 0.25) is 0 Å². The number of allylic oxidation sites excluding steroid dienone is 2. The highest BCUT2D eigenvalue weighted by molar-refractivity contribution is 7.82. The smallest absolute Gasteiger partial charge is 0.182 e. The predicted octanol–water partition coefficient (Wildman–Crippen LogP) is 3.09. The Labute approximate surface area is 148 Å². The minimum absolute atomic E-state index is 0.354. The first-order valence-corrected chi connectivity index (χ1v) is 10.0. The van der Waals surface area contributed by atoms with Crippen molar-refractivity contribution < 1.29 is 9.30 Å². The first kappa shape index (κ1) is 17.5. The molecule has 25 heavy (non-hydrogen) atoms. The molecule has 0 spiro atoms. The Bertz CT molecular complexity index is 792. The molecule has 0 radical (unpaired) electrons. The second-order valence-corrected chi connectivity index (χ2v) is 8.62. The van der Waals surface area contributed by atoms with E-state index >= 15 is 0 Å². The van der Waals surface area contributed by atoms with Crippen molar-refractivity contribution in [3.63, 3.8) is 0 Å². The number of nitrogens with zero attached hydrogens (tertiary/aromatic N) is 2. The van der Waals surface area contributed by atoms with E-state index in [0.717, 1.165) is 5.70 Å². The molecule has 1 heterocycles. The molecule has 1 fully saturated rings. The lowest BCUT2D eigenvalue weighted by atomic mass is 10.3. The van der Waals surface area contributed by atoms with Gasteiger partial charge in [0.2, 0.25) is 0 Å². The molecule has 128 valence electrons. The molecule has 0 N–H and O–H groups in total. The van der Waals surface area contributed by atoms with Gasteiger partial charge < -0.3 is 14.2 Å². The molecule has 0 atom stereocenters. The third-order valence-corrected chi connectivity index (χ3v) is 7.59. The van der Waals surface area contributed by atoms with E-state index in [0.29, 0.717) is 42.2 Å². The van der Waals surface area contributed by atoms with Crippen LogP contribution in [0.15, 0.2) is 71.7 Å². The van der Waals surface area contributed by atoms with E-state index in [4.69, 9.17) is 4.74 Å². The number of hydrogen-bond acceptors (Lipinski definition) is 4. The average Bonchev–Trinajstić information content (AvgIpc) is 2.70. The van der Waals surface area contributed by atoms with Crippen molar-refractivity contribution in [3.05, 3.63) is 71.7 Å². The third kappa shape index (κ3) is 3.39. The van der Waals surface area contributed by atoms with Crippen molar-refractivity contribution in [3.8, 4) is 6.07 Å². The summed E-state index contributed by atoms with van der Waals surface area (Å²) in [4.78, 5) is 2.10. The summed E-state index contributed by atoms with van der Waals surface area (Å²) in [5, 5.41) is 11.7. The number of rotatable bonds is 4. The molecule has 3 rings (SSSR count). The van der Waals surface area contributed by atoms with Crippen LogP contribution in [0.5, 0.6) is 0 Å². The molecule has 5 heteroatoms. The molecule has 2 aromatic carbocycles. The standard InChI is InChI=1S/C20H21N2O2P/c1-17(22-12-14-24-15-13-22)20(16-21)25(23,18-8-4-2-5-9-18)19-10-6-3-7-11-19/h2-11H,12-15H2,1H3. The summed E-state index contributed by atoms with van der Waals surface area (Å²) in [6.45, 7) is 4.55. The average molecular weight is 352 g/mol. The number of ether oxygens (including phenoxy) is 1. The lowest BCUT2D eigenvalue weighted by Crippen LogP contribution is -2.36. The summed E-state index contributed by atoms with van der Waals surface area (Å²) in [6.07, 6.45) is 0. The molecule has 0 saturated carbocycles. The van der Waals surface area contributed by atoms with E-state index in [1.165, 1.54) is 0 Å². The third-order valence-electron chi connectivity index (χ3n) is 4.49. The Kier molecular flexibility index (Phi) is 5.38. The summed E-state index contributed by atoms with van der Waals surface area (Å²) >= 11 is 0. The van der Waals surface area contributed by atoms with Gasteiger partial charge in [-0.25, -0.2) is 0 Å². The molecule has 0 amide bonds. The second-order valence-electron chi connectivity index (χ2n) is 5.93. The molecule has 1 saturated heterocycles. The van der Waals surface area contributed by atoms with Gasteiger partial charge in [-0.1, -0.05) is 60.7 Å². The lowest BCUT2D eigenvalue weighted by molar-refractivity contribution is 0.0536. The highest BCUT2D eigenvalue weighted by atomic mass is 31.2. The summed E-state index contributed by atoms with van der Waals surface area (Å²) < 4.78 is 19.7. The lowest BCUT2D eigenvalue weighted by Gasteiger charge is -2.31. The first-order valence-electron chi connectivity index (χ1n) is 8.33. The maximum atomic E-state index is 14.3. The highest BCUT2D eigenvalue weighted by Gasteiger charge is 2.35. The molecular formula is C20H21N2O2P. The van der Waals surface area contributed by atoms with Crippen LogP contribution in [0, 0.1) is 11.3 Å². The van der Waals surface area contributed by atoms with Crippen LogP contribution in [0.25, 0.3) is 0 Å². The predicted molar refractivity (Wildman–Crippen MR) is 100 cm³/mol. The minimum atomic E-state index is -3.22. The fourth-order valence-corrected chi connectivity index (χ4v) is 5.85. The van der Waals surface area contributed by atoms with Crippen molar-refractivity contribution >= 4 is 17.8 Å². The number of nitriles is 1. The monoisotopic (exact) mass is 352 g/mol. The Hall–Kier alpha value is -2.34. The molecule has 0 aromatic heterocycles. The number of hydrogen-bond donors (Lipinski definition) is 0. The fourth-order valence-electron chi connectivity index (χ4n) is 3.11. The van der Waals surface area contributed by atoms with E-state index in [-0.39, 0.29) is 0 Å². The van der Waals surface area contributed by atoms with Crippen molar-refractivity contribution in [2.75, 3.05) is 26.3 Å². The van der Waals surface area contributed by atoms with E-state index in [1.807, 2.05) is 67.6 Å². The van der Waals surface area contributed by atoms with Crippen molar-refractivity contribution in [2.45, 2.75) is 6.92 Å². The molecule has 1 aliphatic heterocycles. The van der Waals surface area contributed by atoms with Gasteiger partial charge in [-0.15, -0.1) is 0 Å². The van der Waals surface area contributed by atoms with Gasteiger partial charge in [0.25, 0.3) is 0 Å². The molecule has 4 nitrogen and oxygen atoms in total. The van der Waals surface area contributed by atoms with Gasteiger partial charge in [-0.2, -0.15) is 5.26 Å².